The topological polar surface area (TPSA) is 29.5 Å². The van der Waals surface area contributed by atoms with Crippen LogP contribution in [0.5, 0.6) is 0 Å². The second-order valence-corrected chi connectivity index (χ2v) is 6.31. The summed E-state index contributed by atoms with van der Waals surface area (Å²) >= 11 is 0. The summed E-state index contributed by atoms with van der Waals surface area (Å²) in [4.78, 5) is 0. The van der Waals surface area contributed by atoms with Gasteiger partial charge in [0, 0.05) is 6.61 Å². The highest BCUT2D eigenvalue weighted by Crippen LogP contribution is 2.38. The van der Waals surface area contributed by atoms with Gasteiger partial charge in [0.05, 0.1) is 11.7 Å². The molecule has 0 heterocycles. The Morgan fingerprint density at radius 1 is 1.06 bits per heavy atom. The molecular weight excluding hydrogens is 224 g/mol. The van der Waals surface area contributed by atoms with E-state index in [0.717, 1.165) is 31.8 Å². The summed E-state index contributed by atoms with van der Waals surface area (Å²) in [5.41, 5.74) is -0.204. The minimum Gasteiger partial charge on any atom is -0.390 e. The van der Waals surface area contributed by atoms with Crippen LogP contribution in [0, 0.1) is 5.92 Å². The molecule has 2 heteroatoms. The maximum atomic E-state index is 10.7. The fourth-order valence-corrected chi connectivity index (χ4v) is 3.96. The maximum Gasteiger partial charge on any atom is 0.0940 e. The van der Waals surface area contributed by atoms with E-state index in [0.29, 0.717) is 0 Å². The van der Waals surface area contributed by atoms with Gasteiger partial charge in [-0.25, -0.2) is 0 Å². The monoisotopic (exact) mass is 254 g/mol. The third-order valence-corrected chi connectivity index (χ3v) is 5.02. The zero-order chi connectivity index (χ0) is 12.8. The molecule has 2 saturated carbocycles. The van der Waals surface area contributed by atoms with E-state index in [1.165, 1.54) is 51.4 Å². The van der Waals surface area contributed by atoms with Crippen molar-refractivity contribution < 1.29 is 9.84 Å². The summed E-state index contributed by atoms with van der Waals surface area (Å²) in [5.74, 6) is 0.744. The van der Waals surface area contributed by atoms with Crippen LogP contribution in [-0.2, 0) is 4.74 Å². The van der Waals surface area contributed by atoms with E-state index in [2.05, 4.69) is 6.92 Å². The van der Waals surface area contributed by atoms with E-state index in [1.54, 1.807) is 0 Å². The molecule has 0 bridgehead atoms. The number of aliphatic hydroxyl groups excluding tert-OH is 1. The molecule has 0 radical (unpaired) electrons. The van der Waals surface area contributed by atoms with Gasteiger partial charge in [-0.3, -0.25) is 0 Å². The summed E-state index contributed by atoms with van der Waals surface area (Å²) in [6, 6.07) is 0. The SMILES string of the molecule is CCOC1(C(O)CC2CCCCC2)CCCCC1. The van der Waals surface area contributed by atoms with Crippen molar-refractivity contribution in [3.8, 4) is 0 Å². The van der Waals surface area contributed by atoms with Crippen LogP contribution >= 0.6 is 0 Å². The summed E-state index contributed by atoms with van der Waals surface area (Å²) < 4.78 is 6.02. The van der Waals surface area contributed by atoms with Crippen LogP contribution in [0.1, 0.15) is 77.6 Å². The van der Waals surface area contributed by atoms with Gasteiger partial charge >= 0.3 is 0 Å². The fourth-order valence-electron chi connectivity index (χ4n) is 3.96. The zero-order valence-electron chi connectivity index (χ0n) is 12.0. The van der Waals surface area contributed by atoms with Gasteiger partial charge in [0.15, 0.2) is 0 Å². The van der Waals surface area contributed by atoms with Gasteiger partial charge in [0.25, 0.3) is 0 Å². The van der Waals surface area contributed by atoms with E-state index in [4.69, 9.17) is 4.74 Å². The van der Waals surface area contributed by atoms with Crippen LogP contribution in [0.3, 0.4) is 0 Å². The van der Waals surface area contributed by atoms with Gasteiger partial charge < -0.3 is 9.84 Å². The second-order valence-electron chi connectivity index (χ2n) is 6.31. The highest BCUT2D eigenvalue weighted by atomic mass is 16.5. The minimum absolute atomic E-state index is 0.204. The maximum absolute atomic E-state index is 10.7. The zero-order valence-corrected chi connectivity index (χ0v) is 12.0. The van der Waals surface area contributed by atoms with Gasteiger partial charge in [-0.15, -0.1) is 0 Å². The molecule has 0 aromatic carbocycles. The van der Waals surface area contributed by atoms with Crippen LogP contribution in [-0.4, -0.2) is 23.4 Å². The van der Waals surface area contributed by atoms with Crippen molar-refractivity contribution in [2.24, 2.45) is 5.92 Å². The third kappa shape index (κ3) is 3.48. The van der Waals surface area contributed by atoms with Crippen LogP contribution in [0.15, 0.2) is 0 Å². The number of ether oxygens (including phenoxy) is 1. The molecule has 0 spiro atoms. The highest BCUT2D eigenvalue weighted by Gasteiger charge is 2.40. The number of aliphatic hydroxyl groups is 1. The molecule has 1 N–H and O–H groups in total. The number of hydrogen-bond donors (Lipinski definition) is 1. The predicted octanol–water partition coefficient (Wildman–Crippen LogP) is 4.06. The summed E-state index contributed by atoms with van der Waals surface area (Å²) in [6.07, 6.45) is 13.4. The van der Waals surface area contributed by atoms with E-state index in [-0.39, 0.29) is 11.7 Å². The molecule has 1 atom stereocenters. The molecule has 18 heavy (non-hydrogen) atoms. The lowest BCUT2D eigenvalue weighted by atomic mass is 9.75. The van der Waals surface area contributed by atoms with Crippen molar-refractivity contribution in [2.45, 2.75) is 89.3 Å². The summed E-state index contributed by atoms with van der Waals surface area (Å²) in [5, 5.41) is 10.7. The molecule has 0 aliphatic heterocycles. The van der Waals surface area contributed by atoms with Gasteiger partial charge in [-0.2, -0.15) is 0 Å². The standard InChI is InChI=1S/C16H30O2/c1-2-18-16(11-7-4-8-12-16)15(17)13-14-9-5-3-6-10-14/h14-15,17H,2-13H2,1H3. The Morgan fingerprint density at radius 3 is 2.28 bits per heavy atom. The molecule has 2 fully saturated rings. The van der Waals surface area contributed by atoms with Crippen LogP contribution in [0.25, 0.3) is 0 Å². The Hall–Kier alpha value is -0.0800. The lowest BCUT2D eigenvalue weighted by Gasteiger charge is -2.42. The Bertz CT molecular complexity index is 222. The van der Waals surface area contributed by atoms with Crippen LogP contribution in [0.2, 0.25) is 0 Å². The number of rotatable bonds is 5. The molecule has 0 aromatic heterocycles. The minimum atomic E-state index is -0.235. The van der Waals surface area contributed by atoms with E-state index in [1.807, 2.05) is 0 Å². The van der Waals surface area contributed by atoms with Gasteiger partial charge in [0.1, 0.15) is 0 Å². The van der Waals surface area contributed by atoms with Crippen LogP contribution < -0.4 is 0 Å². The fraction of sp³-hybridized carbons (Fsp3) is 1.00. The summed E-state index contributed by atoms with van der Waals surface area (Å²) in [7, 11) is 0. The van der Waals surface area contributed by atoms with Crippen molar-refractivity contribution in [3.63, 3.8) is 0 Å². The third-order valence-electron chi connectivity index (χ3n) is 5.02. The smallest absolute Gasteiger partial charge is 0.0940 e. The molecule has 2 aliphatic rings. The average molecular weight is 254 g/mol. The van der Waals surface area contributed by atoms with Crippen molar-refractivity contribution in [3.05, 3.63) is 0 Å². The first-order chi connectivity index (χ1) is 8.77. The van der Waals surface area contributed by atoms with Crippen LogP contribution in [0.4, 0.5) is 0 Å². The van der Waals surface area contributed by atoms with Crippen molar-refractivity contribution in [1.82, 2.24) is 0 Å². The first-order valence-corrected chi connectivity index (χ1v) is 8.09. The number of hydrogen-bond acceptors (Lipinski definition) is 2. The Balaban J connectivity index is 1.91. The highest BCUT2D eigenvalue weighted by molar-refractivity contribution is 4.92. The lowest BCUT2D eigenvalue weighted by molar-refractivity contribution is -0.145. The Kier molecular flexibility index (Phi) is 5.50. The molecule has 2 aliphatic carbocycles. The molecule has 0 amide bonds. The molecule has 2 rings (SSSR count). The lowest BCUT2D eigenvalue weighted by Crippen LogP contribution is -2.47. The predicted molar refractivity (Wildman–Crippen MR) is 74.6 cm³/mol. The molecule has 0 aromatic rings. The molecular formula is C16H30O2. The molecule has 1 unspecified atom stereocenters. The quantitative estimate of drug-likeness (QED) is 0.802. The van der Waals surface area contributed by atoms with Gasteiger partial charge in [-0.1, -0.05) is 51.4 Å². The Morgan fingerprint density at radius 2 is 1.67 bits per heavy atom. The molecule has 0 saturated heterocycles. The van der Waals surface area contributed by atoms with E-state index in [9.17, 15) is 5.11 Å². The second kappa shape index (κ2) is 6.91. The van der Waals surface area contributed by atoms with Crippen molar-refractivity contribution in [2.75, 3.05) is 6.61 Å². The van der Waals surface area contributed by atoms with Gasteiger partial charge in [0.2, 0.25) is 0 Å². The van der Waals surface area contributed by atoms with E-state index < -0.39 is 0 Å². The normalized spacial score (nSPS) is 27.0. The first-order valence-electron chi connectivity index (χ1n) is 8.09. The van der Waals surface area contributed by atoms with Crippen molar-refractivity contribution in [1.29, 1.82) is 0 Å². The molecule has 2 nitrogen and oxygen atoms in total. The average Bonchev–Trinajstić information content (AvgIpc) is 2.41. The van der Waals surface area contributed by atoms with Crippen molar-refractivity contribution >= 4 is 0 Å². The first kappa shape index (κ1) is 14.3. The largest absolute Gasteiger partial charge is 0.390 e. The van der Waals surface area contributed by atoms with Gasteiger partial charge in [-0.05, 0) is 32.1 Å². The molecule has 106 valence electrons. The Labute approximate surface area is 112 Å². The summed E-state index contributed by atoms with van der Waals surface area (Å²) in [6.45, 7) is 2.80. The van der Waals surface area contributed by atoms with E-state index >= 15 is 0 Å².